The number of hydrogen-bond donors (Lipinski definition) is 0. The number of hydrogen-bond acceptors (Lipinski definition) is 4. The summed E-state index contributed by atoms with van der Waals surface area (Å²) in [5.41, 5.74) is 3.77. The molecular weight excluding hydrogens is 258 g/mol. The van der Waals surface area contributed by atoms with Crippen molar-refractivity contribution < 1.29 is 14.2 Å². The highest BCUT2D eigenvalue weighted by molar-refractivity contribution is 5.81. The molecule has 4 aromatic rings. The largest absolute Gasteiger partial charge is 0.373 e. The predicted molar refractivity (Wildman–Crippen MR) is 66.7 cm³/mol. The van der Waals surface area contributed by atoms with Gasteiger partial charge in [-0.2, -0.15) is 14.1 Å². The van der Waals surface area contributed by atoms with Gasteiger partial charge >= 0.3 is 6.15 Å². The first-order valence-electron chi connectivity index (χ1n) is 5.81. The second-order valence-corrected chi connectivity index (χ2v) is 4.21. The standard InChI is InChI=1S/C12H9N5.CO2/c1-8-2-3-9-7-16-15-11-12(14-5-4-13-11)17(16)10(9)6-8;2-1-3/h2-7H,1H3;. The van der Waals surface area contributed by atoms with Crippen LogP contribution in [0.1, 0.15) is 5.56 Å². The molecule has 4 rings (SSSR count). The lowest BCUT2D eigenvalue weighted by atomic mass is 10.2. The maximum atomic E-state index is 8.12. The van der Waals surface area contributed by atoms with Gasteiger partial charge in [0.25, 0.3) is 0 Å². The molecule has 0 saturated carbocycles. The maximum absolute atomic E-state index is 8.12. The van der Waals surface area contributed by atoms with Crippen LogP contribution in [0, 0.1) is 6.92 Å². The minimum atomic E-state index is 0.250. The first kappa shape index (κ1) is 12.0. The molecule has 0 N–H and O–H groups in total. The smallest absolute Gasteiger partial charge is 0.361 e. The van der Waals surface area contributed by atoms with Gasteiger partial charge in [-0.3, -0.25) is 0 Å². The summed E-state index contributed by atoms with van der Waals surface area (Å²) in [6.45, 7) is 2.08. The van der Waals surface area contributed by atoms with Crippen LogP contribution in [-0.4, -0.2) is 20.6 Å². The highest BCUT2D eigenvalue weighted by Gasteiger charge is 2.11. The van der Waals surface area contributed by atoms with Crippen LogP contribution in [0.3, 0.4) is 0 Å². The highest BCUT2D eigenvalue weighted by Crippen LogP contribution is 2.15. The van der Waals surface area contributed by atoms with E-state index in [2.05, 4.69) is 40.2 Å². The van der Waals surface area contributed by atoms with E-state index in [-0.39, 0.29) is 6.15 Å². The van der Waals surface area contributed by atoms with E-state index in [1.54, 1.807) is 17.0 Å². The van der Waals surface area contributed by atoms with Crippen molar-refractivity contribution in [3.63, 3.8) is 0 Å². The predicted octanol–water partition coefficient (Wildman–Crippen LogP) is 0.303. The Bertz CT molecular complexity index is 947. The molecule has 0 amide bonds. The maximum Gasteiger partial charge on any atom is 0.373 e. The van der Waals surface area contributed by atoms with Crippen molar-refractivity contribution in [2.75, 3.05) is 0 Å². The summed E-state index contributed by atoms with van der Waals surface area (Å²) in [7, 11) is 0. The van der Waals surface area contributed by atoms with E-state index in [0.717, 1.165) is 16.6 Å². The van der Waals surface area contributed by atoms with Crippen LogP contribution < -0.4 is 9.73 Å². The summed E-state index contributed by atoms with van der Waals surface area (Å²) in [6.07, 6.45) is 5.58. The van der Waals surface area contributed by atoms with Gasteiger partial charge < -0.3 is 4.98 Å². The molecule has 0 aliphatic heterocycles. The summed E-state index contributed by atoms with van der Waals surface area (Å²) in [6, 6.07) is 6.32. The lowest BCUT2D eigenvalue weighted by Crippen LogP contribution is -2.28. The van der Waals surface area contributed by atoms with Crippen molar-refractivity contribution in [3.05, 3.63) is 42.4 Å². The van der Waals surface area contributed by atoms with Crippen molar-refractivity contribution in [1.82, 2.24) is 19.6 Å². The lowest BCUT2D eigenvalue weighted by Gasteiger charge is -1.94. The van der Waals surface area contributed by atoms with Gasteiger partial charge in [-0.15, -0.1) is 5.10 Å². The average Bonchev–Trinajstić information content (AvgIpc) is 2.95. The number of fused-ring (bicyclic) bond motifs is 5. The van der Waals surface area contributed by atoms with Crippen molar-refractivity contribution >= 4 is 28.3 Å². The van der Waals surface area contributed by atoms with Crippen LogP contribution >= 0.6 is 0 Å². The van der Waals surface area contributed by atoms with Gasteiger partial charge in [0, 0.05) is 6.20 Å². The monoisotopic (exact) mass is 267 g/mol. The molecule has 0 spiro atoms. The molecule has 0 saturated heterocycles. The summed E-state index contributed by atoms with van der Waals surface area (Å²) in [5.74, 6) is 0. The van der Waals surface area contributed by atoms with Gasteiger partial charge in [0.1, 0.15) is 5.65 Å². The Balaban J connectivity index is 0.000000373. The van der Waals surface area contributed by atoms with E-state index in [4.69, 9.17) is 9.59 Å². The van der Waals surface area contributed by atoms with Crippen LogP contribution in [0.2, 0.25) is 0 Å². The molecule has 7 heteroatoms. The first-order chi connectivity index (χ1) is 9.74. The van der Waals surface area contributed by atoms with Crippen molar-refractivity contribution in [2.24, 2.45) is 0 Å². The Morgan fingerprint density at radius 1 is 1.25 bits per heavy atom. The van der Waals surface area contributed by atoms with E-state index in [1.807, 2.05) is 10.7 Å². The van der Waals surface area contributed by atoms with Crippen LogP contribution in [0.5, 0.6) is 0 Å². The van der Waals surface area contributed by atoms with Crippen molar-refractivity contribution in [1.29, 1.82) is 0 Å². The van der Waals surface area contributed by atoms with Gasteiger partial charge in [-0.1, -0.05) is 16.3 Å². The minimum absolute atomic E-state index is 0.250. The molecule has 0 fully saturated rings. The molecule has 20 heavy (non-hydrogen) atoms. The zero-order chi connectivity index (χ0) is 14.1. The Morgan fingerprint density at radius 3 is 2.80 bits per heavy atom. The third-order valence-electron chi connectivity index (χ3n) is 2.93. The van der Waals surface area contributed by atoms with Gasteiger partial charge in [-0.25, -0.2) is 4.98 Å². The zero-order valence-corrected chi connectivity index (χ0v) is 10.5. The number of carbonyl (C=O) groups excluding carboxylic acids is 2. The summed E-state index contributed by atoms with van der Waals surface area (Å²) >= 11 is 0. The van der Waals surface area contributed by atoms with Gasteiger partial charge in [0.15, 0.2) is 5.65 Å². The van der Waals surface area contributed by atoms with Crippen LogP contribution in [0.15, 0.2) is 36.8 Å². The lowest BCUT2D eigenvalue weighted by molar-refractivity contribution is -0.671. The summed E-state index contributed by atoms with van der Waals surface area (Å²) < 4.78 is 3.76. The Hall–Kier alpha value is -3.05. The van der Waals surface area contributed by atoms with Crippen molar-refractivity contribution in [2.45, 2.75) is 6.92 Å². The average molecular weight is 267 g/mol. The third kappa shape index (κ3) is 1.73. The molecule has 3 heterocycles. The molecule has 1 aromatic carbocycles. The quantitative estimate of drug-likeness (QED) is 0.428. The number of aromatic nitrogens is 5. The van der Waals surface area contributed by atoms with Gasteiger partial charge in [0.2, 0.25) is 6.20 Å². The number of rotatable bonds is 0. The zero-order valence-electron chi connectivity index (χ0n) is 10.5. The molecule has 0 aliphatic rings. The number of nitrogens with zero attached hydrogens (tertiary/aromatic N) is 5. The van der Waals surface area contributed by atoms with Gasteiger partial charge in [-0.05, 0) is 25.3 Å². The molecule has 0 atom stereocenters. The molecule has 0 bridgehead atoms. The van der Waals surface area contributed by atoms with E-state index in [1.165, 1.54) is 5.56 Å². The molecule has 7 nitrogen and oxygen atoms in total. The Morgan fingerprint density at radius 2 is 2.00 bits per heavy atom. The van der Waals surface area contributed by atoms with Gasteiger partial charge in [0.05, 0.1) is 10.9 Å². The van der Waals surface area contributed by atoms with Crippen LogP contribution in [-0.2, 0) is 9.59 Å². The molecule has 0 aliphatic carbocycles. The van der Waals surface area contributed by atoms with Crippen LogP contribution in [0.25, 0.3) is 22.2 Å². The molecule has 3 aromatic heterocycles. The van der Waals surface area contributed by atoms with Crippen LogP contribution in [0.4, 0.5) is 0 Å². The minimum Gasteiger partial charge on any atom is -0.361 e. The van der Waals surface area contributed by atoms with E-state index < -0.39 is 0 Å². The second kappa shape index (κ2) is 4.56. The van der Waals surface area contributed by atoms with Crippen molar-refractivity contribution in [3.8, 4) is 0 Å². The molecular formula is C13H9N5O2. The number of aryl methyl sites for hydroxylation is 1. The normalized spacial score (nSPS) is 10.4. The third-order valence-corrected chi connectivity index (χ3v) is 2.93. The summed E-state index contributed by atoms with van der Waals surface area (Å²) in [4.78, 5) is 24.8. The van der Waals surface area contributed by atoms with E-state index in [9.17, 15) is 0 Å². The first-order valence-corrected chi connectivity index (χ1v) is 5.81. The fourth-order valence-corrected chi connectivity index (χ4v) is 2.16. The SMILES string of the molecule is Cc1ccc2c[n+]3[n-]c4nccnc4n3c2c1.O=C=O. The Labute approximate surface area is 112 Å². The topological polar surface area (TPSA) is 82.5 Å². The number of benzene rings is 1. The fourth-order valence-electron chi connectivity index (χ4n) is 2.16. The highest BCUT2D eigenvalue weighted by atomic mass is 16.2. The second-order valence-electron chi connectivity index (χ2n) is 4.21. The van der Waals surface area contributed by atoms with E-state index >= 15 is 0 Å². The molecule has 0 unspecified atom stereocenters. The van der Waals surface area contributed by atoms with E-state index in [0.29, 0.717) is 5.65 Å². The fraction of sp³-hybridized carbons (Fsp3) is 0.0769. The Kier molecular flexibility index (Phi) is 2.74. The summed E-state index contributed by atoms with van der Waals surface area (Å²) in [5, 5.41) is 5.54. The molecule has 0 radical (unpaired) electrons. The molecule has 98 valence electrons.